The van der Waals surface area contributed by atoms with Crippen LogP contribution in [-0.4, -0.2) is 21.6 Å². The SMILES string of the molecule is Cc1nc(SCC(=O)Nc2cc([N+](=O)[O-])ccc2Cl)c(C#N)c(C)c1C. The summed E-state index contributed by atoms with van der Waals surface area (Å²) in [5.41, 5.74) is 3.01. The normalized spacial score (nSPS) is 10.3. The monoisotopic (exact) mass is 390 g/mol. The first-order chi connectivity index (χ1) is 12.2. The molecule has 7 nitrogen and oxygen atoms in total. The van der Waals surface area contributed by atoms with Crippen molar-refractivity contribution in [2.45, 2.75) is 25.8 Å². The number of benzene rings is 1. The van der Waals surface area contributed by atoms with E-state index in [2.05, 4.69) is 16.4 Å². The Balaban J connectivity index is 2.15. The summed E-state index contributed by atoms with van der Waals surface area (Å²) in [6.07, 6.45) is 0. The maximum absolute atomic E-state index is 12.2. The van der Waals surface area contributed by atoms with Gasteiger partial charge in [-0.15, -0.1) is 0 Å². The molecule has 1 heterocycles. The molecule has 0 aliphatic carbocycles. The largest absolute Gasteiger partial charge is 0.324 e. The fourth-order valence-corrected chi connectivity index (χ4v) is 3.24. The number of nitrogens with one attached hydrogen (secondary N) is 1. The van der Waals surface area contributed by atoms with Gasteiger partial charge in [0.15, 0.2) is 0 Å². The number of aryl methyl sites for hydroxylation is 1. The standard InChI is InChI=1S/C17H15ClN4O3S/c1-9-10(2)13(7-19)17(20-11(9)3)26-8-16(23)21-15-6-12(22(24)25)4-5-14(15)18/h4-6H,8H2,1-3H3,(H,21,23). The molecule has 0 saturated carbocycles. The molecule has 26 heavy (non-hydrogen) atoms. The highest BCUT2D eigenvalue weighted by Gasteiger charge is 2.16. The third-order valence-electron chi connectivity index (χ3n) is 3.85. The van der Waals surface area contributed by atoms with Gasteiger partial charge >= 0.3 is 0 Å². The van der Waals surface area contributed by atoms with Gasteiger partial charge in [0.05, 0.1) is 26.9 Å². The Morgan fingerprint density at radius 2 is 2.08 bits per heavy atom. The molecule has 0 atom stereocenters. The lowest BCUT2D eigenvalue weighted by molar-refractivity contribution is -0.384. The number of halogens is 1. The van der Waals surface area contributed by atoms with E-state index in [0.29, 0.717) is 10.6 Å². The molecule has 1 aromatic carbocycles. The van der Waals surface area contributed by atoms with Crippen LogP contribution in [0.1, 0.15) is 22.4 Å². The number of hydrogen-bond donors (Lipinski definition) is 1. The zero-order chi connectivity index (χ0) is 19.4. The summed E-state index contributed by atoms with van der Waals surface area (Å²) in [4.78, 5) is 26.8. The molecule has 0 unspecified atom stereocenters. The number of nitrogens with zero attached hydrogens (tertiary/aromatic N) is 3. The van der Waals surface area contributed by atoms with Gasteiger partial charge in [0.1, 0.15) is 11.1 Å². The quantitative estimate of drug-likeness (QED) is 0.466. The van der Waals surface area contributed by atoms with Crippen LogP contribution in [0, 0.1) is 42.2 Å². The Labute approximate surface area is 159 Å². The summed E-state index contributed by atoms with van der Waals surface area (Å²) < 4.78 is 0. The van der Waals surface area contributed by atoms with Crippen LogP contribution in [0.2, 0.25) is 5.02 Å². The molecule has 0 aliphatic rings. The average molecular weight is 391 g/mol. The molecule has 1 aromatic heterocycles. The molecule has 0 fully saturated rings. The second-order valence-corrected chi connectivity index (χ2v) is 6.87. The number of rotatable bonds is 5. The Bertz CT molecular complexity index is 941. The fraction of sp³-hybridized carbons (Fsp3) is 0.235. The van der Waals surface area contributed by atoms with Crippen LogP contribution in [0.3, 0.4) is 0 Å². The Morgan fingerprint density at radius 1 is 1.38 bits per heavy atom. The van der Waals surface area contributed by atoms with E-state index in [0.717, 1.165) is 28.6 Å². The third-order valence-corrected chi connectivity index (χ3v) is 5.15. The second kappa shape index (κ2) is 8.17. The number of carbonyl (C=O) groups excluding carboxylic acids is 1. The van der Waals surface area contributed by atoms with Gasteiger partial charge < -0.3 is 5.32 Å². The third kappa shape index (κ3) is 4.31. The van der Waals surface area contributed by atoms with Crippen LogP contribution in [0.15, 0.2) is 23.2 Å². The van der Waals surface area contributed by atoms with E-state index in [1.807, 2.05) is 20.8 Å². The Hall–Kier alpha value is -2.63. The fourth-order valence-electron chi connectivity index (χ4n) is 2.19. The van der Waals surface area contributed by atoms with Crippen molar-refractivity contribution < 1.29 is 9.72 Å². The summed E-state index contributed by atoms with van der Waals surface area (Å²) in [7, 11) is 0. The van der Waals surface area contributed by atoms with Crippen LogP contribution in [0.25, 0.3) is 0 Å². The number of aromatic nitrogens is 1. The molecular formula is C17H15ClN4O3S. The van der Waals surface area contributed by atoms with Gasteiger partial charge in [-0.25, -0.2) is 4.98 Å². The van der Waals surface area contributed by atoms with E-state index in [4.69, 9.17) is 11.6 Å². The first-order valence-corrected chi connectivity index (χ1v) is 8.85. The lowest BCUT2D eigenvalue weighted by atomic mass is 10.1. The zero-order valence-electron chi connectivity index (χ0n) is 14.3. The Kier molecular flexibility index (Phi) is 6.18. The number of non-ortho nitro benzene ring substituents is 1. The van der Waals surface area contributed by atoms with E-state index < -0.39 is 10.8 Å². The van der Waals surface area contributed by atoms with E-state index in [-0.39, 0.29) is 22.2 Å². The molecule has 1 N–H and O–H groups in total. The van der Waals surface area contributed by atoms with Gasteiger partial charge in [0.2, 0.25) is 5.91 Å². The molecule has 1 amide bonds. The van der Waals surface area contributed by atoms with E-state index in [9.17, 15) is 20.2 Å². The van der Waals surface area contributed by atoms with Crippen molar-refractivity contribution in [3.63, 3.8) is 0 Å². The van der Waals surface area contributed by atoms with Gasteiger partial charge in [0, 0.05) is 17.8 Å². The molecule has 0 spiro atoms. The van der Waals surface area contributed by atoms with Crippen molar-refractivity contribution in [1.29, 1.82) is 5.26 Å². The minimum absolute atomic E-state index is 0.0113. The van der Waals surface area contributed by atoms with Crippen molar-refractivity contribution in [2.75, 3.05) is 11.1 Å². The number of carbonyl (C=O) groups is 1. The van der Waals surface area contributed by atoms with Gasteiger partial charge in [0.25, 0.3) is 5.69 Å². The molecular weight excluding hydrogens is 376 g/mol. The lowest BCUT2D eigenvalue weighted by Gasteiger charge is -2.11. The minimum Gasteiger partial charge on any atom is -0.324 e. The van der Waals surface area contributed by atoms with Crippen molar-refractivity contribution in [2.24, 2.45) is 0 Å². The summed E-state index contributed by atoms with van der Waals surface area (Å²) in [6, 6.07) is 5.93. The predicted octanol–water partition coefficient (Wildman–Crippen LogP) is 4.17. The van der Waals surface area contributed by atoms with Crippen LogP contribution in [0.5, 0.6) is 0 Å². The molecule has 0 bridgehead atoms. The van der Waals surface area contributed by atoms with Crippen molar-refractivity contribution in [1.82, 2.24) is 4.98 Å². The van der Waals surface area contributed by atoms with Crippen LogP contribution in [-0.2, 0) is 4.79 Å². The second-order valence-electron chi connectivity index (χ2n) is 5.50. The summed E-state index contributed by atoms with van der Waals surface area (Å²) in [5.74, 6) is -0.415. The zero-order valence-corrected chi connectivity index (χ0v) is 15.9. The Morgan fingerprint density at radius 3 is 2.69 bits per heavy atom. The number of thioether (sulfide) groups is 1. The van der Waals surface area contributed by atoms with Crippen molar-refractivity contribution >= 4 is 40.6 Å². The molecule has 2 rings (SSSR count). The first kappa shape index (κ1) is 19.7. The van der Waals surface area contributed by atoms with E-state index >= 15 is 0 Å². The summed E-state index contributed by atoms with van der Waals surface area (Å²) in [5, 5.41) is 23.4. The van der Waals surface area contributed by atoms with Crippen LogP contribution in [0.4, 0.5) is 11.4 Å². The molecule has 0 radical (unpaired) electrons. The van der Waals surface area contributed by atoms with Gasteiger partial charge in [-0.2, -0.15) is 5.26 Å². The summed E-state index contributed by atoms with van der Waals surface area (Å²) in [6.45, 7) is 5.58. The van der Waals surface area contributed by atoms with Crippen LogP contribution >= 0.6 is 23.4 Å². The summed E-state index contributed by atoms with van der Waals surface area (Å²) >= 11 is 7.10. The smallest absolute Gasteiger partial charge is 0.271 e. The average Bonchev–Trinajstić information content (AvgIpc) is 2.59. The molecule has 9 heteroatoms. The maximum Gasteiger partial charge on any atom is 0.271 e. The highest BCUT2D eigenvalue weighted by atomic mass is 35.5. The maximum atomic E-state index is 12.2. The number of anilines is 1. The topological polar surface area (TPSA) is 109 Å². The highest BCUT2D eigenvalue weighted by Crippen LogP contribution is 2.29. The van der Waals surface area contributed by atoms with Crippen molar-refractivity contribution in [3.05, 3.63) is 55.7 Å². The number of amides is 1. The molecule has 0 saturated heterocycles. The first-order valence-electron chi connectivity index (χ1n) is 7.49. The highest BCUT2D eigenvalue weighted by molar-refractivity contribution is 8.00. The number of hydrogen-bond acceptors (Lipinski definition) is 6. The van der Waals surface area contributed by atoms with E-state index in [1.54, 1.807) is 0 Å². The van der Waals surface area contributed by atoms with Crippen LogP contribution < -0.4 is 5.32 Å². The minimum atomic E-state index is -0.568. The number of nitro groups is 1. The number of pyridine rings is 1. The molecule has 2 aromatic rings. The molecule has 0 aliphatic heterocycles. The predicted molar refractivity (Wildman–Crippen MR) is 101 cm³/mol. The van der Waals surface area contributed by atoms with Crippen molar-refractivity contribution in [3.8, 4) is 6.07 Å². The van der Waals surface area contributed by atoms with E-state index in [1.165, 1.54) is 18.2 Å². The number of nitriles is 1. The van der Waals surface area contributed by atoms with Gasteiger partial charge in [-0.3, -0.25) is 14.9 Å². The lowest BCUT2D eigenvalue weighted by Crippen LogP contribution is -2.15. The number of nitro benzene ring substituents is 1. The van der Waals surface area contributed by atoms with Gasteiger partial charge in [-0.1, -0.05) is 23.4 Å². The molecule has 134 valence electrons. The van der Waals surface area contributed by atoms with Gasteiger partial charge in [-0.05, 0) is 38.0 Å².